The SMILES string of the molecule is Cc1ccc(CCC(C)(C)CCNC2CC2)s1. The van der Waals surface area contributed by atoms with Crippen molar-refractivity contribution in [2.45, 2.75) is 58.9 Å². The Hall–Kier alpha value is -0.340. The predicted molar refractivity (Wildman–Crippen MR) is 76.8 cm³/mol. The topological polar surface area (TPSA) is 12.0 Å². The molecule has 0 bridgehead atoms. The van der Waals surface area contributed by atoms with Gasteiger partial charge in [0, 0.05) is 15.8 Å². The molecule has 1 fully saturated rings. The van der Waals surface area contributed by atoms with Crippen molar-refractivity contribution in [1.82, 2.24) is 5.32 Å². The molecule has 1 aromatic heterocycles. The van der Waals surface area contributed by atoms with Gasteiger partial charge in [-0.3, -0.25) is 0 Å². The van der Waals surface area contributed by atoms with E-state index in [0.29, 0.717) is 5.41 Å². The van der Waals surface area contributed by atoms with Gasteiger partial charge in [-0.15, -0.1) is 11.3 Å². The van der Waals surface area contributed by atoms with Gasteiger partial charge >= 0.3 is 0 Å². The van der Waals surface area contributed by atoms with Gasteiger partial charge in [-0.05, 0) is 63.1 Å². The zero-order valence-electron chi connectivity index (χ0n) is 11.4. The third-order valence-corrected chi connectivity index (χ3v) is 4.72. The quantitative estimate of drug-likeness (QED) is 0.767. The zero-order valence-corrected chi connectivity index (χ0v) is 12.2. The zero-order chi connectivity index (χ0) is 12.3. The molecule has 0 aromatic carbocycles. The first-order valence-electron chi connectivity index (χ1n) is 6.84. The van der Waals surface area contributed by atoms with Gasteiger partial charge in [-0.25, -0.2) is 0 Å². The lowest BCUT2D eigenvalue weighted by atomic mass is 9.84. The summed E-state index contributed by atoms with van der Waals surface area (Å²) in [5, 5.41) is 3.62. The smallest absolute Gasteiger partial charge is 0.00682 e. The van der Waals surface area contributed by atoms with Gasteiger partial charge in [0.1, 0.15) is 0 Å². The molecular formula is C15H25NS. The first-order chi connectivity index (χ1) is 8.05. The van der Waals surface area contributed by atoms with Crippen LogP contribution in [0.1, 0.15) is 49.3 Å². The lowest BCUT2D eigenvalue weighted by Gasteiger charge is -2.24. The summed E-state index contributed by atoms with van der Waals surface area (Å²) in [6.07, 6.45) is 6.64. The molecule has 1 saturated carbocycles. The predicted octanol–water partition coefficient (Wildman–Crippen LogP) is 4.16. The Labute approximate surface area is 110 Å². The number of thiophene rings is 1. The van der Waals surface area contributed by atoms with E-state index in [0.717, 1.165) is 6.04 Å². The van der Waals surface area contributed by atoms with Crippen LogP contribution in [0, 0.1) is 12.3 Å². The van der Waals surface area contributed by atoms with Crippen LogP contribution in [-0.4, -0.2) is 12.6 Å². The van der Waals surface area contributed by atoms with Gasteiger partial charge in [0.2, 0.25) is 0 Å². The summed E-state index contributed by atoms with van der Waals surface area (Å²) in [6, 6.07) is 5.38. The van der Waals surface area contributed by atoms with E-state index in [4.69, 9.17) is 0 Å². The molecule has 2 rings (SSSR count). The van der Waals surface area contributed by atoms with Gasteiger partial charge in [0.25, 0.3) is 0 Å². The molecule has 1 N–H and O–H groups in total. The number of hydrogen-bond acceptors (Lipinski definition) is 2. The van der Waals surface area contributed by atoms with E-state index in [1.54, 1.807) is 4.88 Å². The van der Waals surface area contributed by atoms with Gasteiger partial charge in [-0.1, -0.05) is 13.8 Å². The van der Waals surface area contributed by atoms with Crippen LogP contribution in [0.3, 0.4) is 0 Å². The molecule has 96 valence electrons. The Morgan fingerprint density at radius 2 is 2.06 bits per heavy atom. The fraction of sp³-hybridized carbons (Fsp3) is 0.733. The second-order valence-electron chi connectivity index (χ2n) is 6.15. The molecule has 0 radical (unpaired) electrons. The fourth-order valence-corrected chi connectivity index (χ4v) is 3.00. The molecule has 1 heterocycles. The lowest BCUT2D eigenvalue weighted by molar-refractivity contribution is 0.302. The summed E-state index contributed by atoms with van der Waals surface area (Å²) in [5.41, 5.74) is 0.472. The normalized spacial score (nSPS) is 16.4. The van der Waals surface area contributed by atoms with Crippen molar-refractivity contribution in [3.63, 3.8) is 0 Å². The van der Waals surface area contributed by atoms with Crippen LogP contribution in [0.5, 0.6) is 0 Å². The minimum Gasteiger partial charge on any atom is -0.314 e. The van der Waals surface area contributed by atoms with Crippen LogP contribution >= 0.6 is 11.3 Å². The highest BCUT2D eigenvalue weighted by molar-refractivity contribution is 7.11. The van der Waals surface area contributed by atoms with Crippen molar-refractivity contribution in [2.75, 3.05) is 6.54 Å². The van der Waals surface area contributed by atoms with Crippen molar-refractivity contribution in [3.8, 4) is 0 Å². The average molecular weight is 251 g/mol. The maximum absolute atomic E-state index is 3.62. The van der Waals surface area contributed by atoms with Crippen molar-refractivity contribution >= 4 is 11.3 Å². The maximum Gasteiger partial charge on any atom is 0.00682 e. The Bertz CT molecular complexity index is 350. The van der Waals surface area contributed by atoms with Gasteiger partial charge in [-0.2, -0.15) is 0 Å². The molecule has 1 aliphatic rings. The molecular weight excluding hydrogens is 226 g/mol. The lowest BCUT2D eigenvalue weighted by Crippen LogP contribution is -2.24. The molecule has 17 heavy (non-hydrogen) atoms. The minimum atomic E-state index is 0.472. The molecule has 1 aliphatic carbocycles. The fourth-order valence-electron chi connectivity index (χ4n) is 2.11. The third-order valence-electron chi connectivity index (χ3n) is 3.66. The molecule has 0 aliphatic heterocycles. The van der Waals surface area contributed by atoms with E-state index < -0.39 is 0 Å². The monoisotopic (exact) mass is 251 g/mol. The molecule has 1 nitrogen and oxygen atoms in total. The molecule has 0 saturated heterocycles. The standard InChI is InChI=1S/C15H25NS/c1-12-4-7-14(17-12)8-9-15(2,3)10-11-16-13-5-6-13/h4,7,13,16H,5-6,8-11H2,1-3H3. The van der Waals surface area contributed by atoms with Crippen molar-refractivity contribution in [2.24, 2.45) is 5.41 Å². The maximum atomic E-state index is 3.62. The van der Waals surface area contributed by atoms with Crippen LogP contribution in [0.15, 0.2) is 12.1 Å². The van der Waals surface area contributed by atoms with Crippen LogP contribution < -0.4 is 5.32 Å². The van der Waals surface area contributed by atoms with Gasteiger partial charge in [0.15, 0.2) is 0 Å². The highest BCUT2D eigenvalue weighted by Gasteiger charge is 2.22. The Balaban J connectivity index is 1.68. The largest absolute Gasteiger partial charge is 0.314 e. The molecule has 0 unspecified atom stereocenters. The number of rotatable bonds is 7. The highest BCUT2D eigenvalue weighted by Crippen LogP contribution is 2.29. The van der Waals surface area contributed by atoms with Crippen molar-refractivity contribution < 1.29 is 0 Å². The Kier molecular flexibility index (Phi) is 4.26. The van der Waals surface area contributed by atoms with E-state index >= 15 is 0 Å². The molecule has 1 aromatic rings. The van der Waals surface area contributed by atoms with E-state index in [-0.39, 0.29) is 0 Å². The number of nitrogens with one attached hydrogen (secondary N) is 1. The van der Waals surface area contributed by atoms with Gasteiger partial charge in [0.05, 0.1) is 0 Å². The molecule has 0 atom stereocenters. The third kappa shape index (κ3) is 4.81. The summed E-state index contributed by atoms with van der Waals surface area (Å²) in [5.74, 6) is 0. The number of aryl methyl sites for hydroxylation is 2. The molecule has 0 amide bonds. The van der Waals surface area contributed by atoms with Crippen LogP contribution in [0.25, 0.3) is 0 Å². The van der Waals surface area contributed by atoms with E-state index in [1.165, 1.54) is 43.5 Å². The summed E-state index contributed by atoms with van der Waals surface area (Å²) in [4.78, 5) is 2.99. The second-order valence-corrected chi connectivity index (χ2v) is 7.53. The molecule has 0 spiro atoms. The number of hydrogen-bond donors (Lipinski definition) is 1. The summed E-state index contributed by atoms with van der Waals surface area (Å²) >= 11 is 1.95. The molecule has 2 heteroatoms. The van der Waals surface area contributed by atoms with Crippen LogP contribution in [0.4, 0.5) is 0 Å². The van der Waals surface area contributed by atoms with Crippen molar-refractivity contribution in [1.29, 1.82) is 0 Å². The first-order valence-corrected chi connectivity index (χ1v) is 7.65. The Morgan fingerprint density at radius 3 is 2.65 bits per heavy atom. The van der Waals surface area contributed by atoms with E-state index in [2.05, 4.69) is 38.2 Å². The summed E-state index contributed by atoms with van der Waals surface area (Å²) in [6.45, 7) is 8.20. The highest BCUT2D eigenvalue weighted by atomic mass is 32.1. The van der Waals surface area contributed by atoms with E-state index in [9.17, 15) is 0 Å². The van der Waals surface area contributed by atoms with E-state index in [1.807, 2.05) is 11.3 Å². The van der Waals surface area contributed by atoms with Crippen LogP contribution in [-0.2, 0) is 6.42 Å². The van der Waals surface area contributed by atoms with Crippen molar-refractivity contribution in [3.05, 3.63) is 21.9 Å². The Morgan fingerprint density at radius 1 is 1.29 bits per heavy atom. The van der Waals surface area contributed by atoms with Gasteiger partial charge < -0.3 is 5.32 Å². The first kappa shape index (κ1) is 13.1. The summed E-state index contributed by atoms with van der Waals surface area (Å²) < 4.78 is 0. The average Bonchev–Trinajstić information content (AvgIpc) is 2.98. The second kappa shape index (κ2) is 5.53. The summed E-state index contributed by atoms with van der Waals surface area (Å²) in [7, 11) is 0. The van der Waals surface area contributed by atoms with Crippen LogP contribution in [0.2, 0.25) is 0 Å². The minimum absolute atomic E-state index is 0.472.